The van der Waals surface area contributed by atoms with E-state index in [1.54, 1.807) is 0 Å². The normalized spacial score (nSPS) is 14.1. The van der Waals surface area contributed by atoms with Gasteiger partial charge in [-0.3, -0.25) is 0 Å². The van der Waals surface area contributed by atoms with Gasteiger partial charge in [-0.1, -0.05) is 0 Å². The third kappa shape index (κ3) is 5.85. The van der Waals surface area contributed by atoms with Crippen LogP contribution in [0.5, 0.6) is 0 Å². The second-order valence-electron chi connectivity index (χ2n) is 4.57. The van der Waals surface area contributed by atoms with Crippen LogP contribution in [0.25, 0.3) is 0 Å². The fourth-order valence-electron chi connectivity index (χ4n) is 1.48. The number of carboxylic acids is 1. The Hall–Kier alpha value is -2.44. The van der Waals surface area contributed by atoms with Crippen LogP contribution in [0.4, 0.5) is 26.3 Å². The zero-order valence-corrected chi connectivity index (χ0v) is 12.9. The molecule has 25 heavy (non-hydrogen) atoms. The lowest BCUT2D eigenvalue weighted by molar-refractivity contribution is -0.354. The van der Waals surface area contributed by atoms with E-state index in [2.05, 4.69) is 4.40 Å². The van der Waals surface area contributed by atoms with Crippen LogP contribution in [0.15, 0.2) is 27.5 Å². The lowest BCUT2D eigenvalue weighted by Gasteiger charge is -2.12. The summed E-state index contributed by atoms with van der Waals surface area (Å²) in [6.45, 7) is 0. The first-order chi connectivity index (χ1) is 11.1. The molecule has 0 radical (unpaired) electrons. The second kappa shape index (κ2) is 6.82. The van der Waals surface area contributed by atoms with E-state index in [0.717, 1.165) is 7.05 Å². The second-order valence-corrected chi connectivity index (χ2v) is 6.20. The van der Waals surface area contributed by atoms with Crippen molar-refractivity contribution >= 4 is 28.5 Å². The fourth-order valence-corrected chi connectivity index (χ4v) is 2.43. The molecule has 0 fully saturated rings. The first-order valence-electron chi connectivity index (χ1n) is 6.02. The number of carboxylic acid groups (broad SMARTS) is 1. The number of rotatable bonds is 4. The van der Waals surface area contributed by atoms with Crippen molar-refractivity contribution in [3.8, 4) is 0 Å². The fraction of sp³-hybridized carbons (Fsp3) is 0.250. The van der Waals surface area contributed by atoms with Gasteiger partial charge in [0.15, 0.2) is 6.21 Å². The number of carbonyl (C=O) groups is 1. The summed E-state index contributed by atoms with van der Waals surface area (Å²) in [4.78, 5) is 9.02. The molecule has 1 N–H and O–H groups in total. The van der Waals surface area contributed by atoms with Gasteiger partial charge >= 0.3 is 34.7 Å². The van der Waals surface area contributed by atoms with Gasteiger partial charge in [-0.15, -0.1) is 0 Å². The van der Waals surface area contributed by atoms with Crippen LogP contribution in [0.3, 0.4) is 0 Å². The molecule has 1 aromatic carbocycles. The summed E-state index contributed by atoms with van der Waals surface area (Å²) in [6, 6.07) is -0.224. The molecular formula is C12H9F6N2O4S+. The molecule has 0 aliphatic rings. The van der Waals surface area contributed by atoms with Crippen molar-refractivity contribution in [2.24, 2.45) is 4.40 Å². The first-order valence-corrected chi connectivity index (χ1v) is 7.46. The van der Waals surface area contributed by atoms with Gasteiger partial charge in [0, 0.05) is 4.40 Å². The Bertz CT molecular complexity index is 808. The Morgan fingerprint density at radius 3 is 1.88 bits per heavy atom. The number of hydrogen-bond donors (Lipinski definition) is 1. The van der Waals surface area contributed by atoms with E-state index < -0.39 is 44.4 Å². The largest absolute Gasteiger partial charge is 0.475 e. The van der Waals surface area contributed by atoms with Crippen molar-refractivity contribution < 1.29 is 49.2 Å². The van der Waals surface area contributed by atoms with Gasteiger partial charge in [0.25, 0.3) is 0 Å². The minimum Gasteiger partial charge on any atom is -0.475 e. The molecule has 6 nitrogen and oxygen atoms in total. The van der Waals surface area contributed by atoms with Crippen LogP contribution in [-0.2, 0) is 27.2 Å². The molecule has 0 aromatic heterocycles. The van der Waals surface area contributed by atoms with Crippen LogP contribution in [0.2, 0.25) is 0 Å². The predicted molar refractivity (Wildman–Crippen MR) is 72.0 cm³/mol. The maximum atomic E-state index is 12.7. The summed E-state index contributed by atoms with van der Waals surface area (Å²) in [5.41, 5.74) is -3.64. The Labute approximate surface area is 136 Å². The highest BCUT2D eigenvalue weighted by atomic mass is 32.2. The smallest absolute Gasteiger partial charge is 0.416 e. The Balaban J connectivity index is 3.49. The highest BCUT2D eigenvalue weighted by Gasteiger charge is 2.38. The molecule has 0 heterocycles. The summed E-state index contributed by atoms with van der Waals surface area (Å²) < 4.78 is 103. The van der Waals surface area contributed by atoms with Crippen molar-refractivity contribution in [2.45, 2.75) is 17.2 Å². The molecule has 0 saturated heterocycles. The number of benzene rings is 1. The summed E-state index contributed by atoms with van der Waals surface area (Å²) in [5, 5.41) is 8.42. The van der Waals surface area contributed by atoms with Gasteiger partial charge in [0.05, 0.1) is 18.2 Å². The molecule has 13 heteroatoms. The van der Waals surface area contributed by atoms with Crippen molar-refractivity contribution in [2.75, 3.05) is 7.05 Å². The molecule has 1 aromatic rings. The molecule has 0 bridgehead atoms. The molecule has 0 aliphatic carbocycles. The number of nitrogens with zero attached hydrogens (tertiary/aromatic N) is 2. The minimum absolute atomic E-state index is 0.00280. The third-order valence-electron chi connectivity index (χ3n) is 2.54. The summed E-state index contributed by atoms with van der Waals surface area (Å²) in [7, 11) is -3.90. The van der Waals surface area contributed by atoms with Gasteiger partial charge in [-0.2, -0.15) is 34.8 Å². The Morgan fingerprint density at radius 2 is 1.52 bits per heavy atom. The van der Waals surface area contributed by atoms with E-state index in [9.17, 15) is 39.6 Å². The van der Waals surface area contributed by atoms with E-state index in [1.807, 2.05) is 0 Å². The predicted octanol–water partition coefficient (Wildman–Crippen LogP) is 2.24. The molecule has 1 rings (SSSR count). The monoisotopic (exact) mass is 391 g/mol. The van der Waals surface area contributed by atoms with Crippen LogP contribution >= 0.6 is 0 Å². The Morgan fingerprint density at radius 1 is 1.08 bits per heavy atom. The highest BCUT2D eigenvalue weighted by molar-refractivity contribution is 7.90. The van der Waals surface area contributed by atoms with E-state index in [4.69, 9.17) is 5.11 Å². The molecular weight excluding hydrogens is 382 g/mol. The van der Waals surface area contributed by atoms with E-state index >= 15 is 0 Å². The summed E-state index contributed by atoms with van der Waals surface area (Å²) >= 11 is 0. The van der Waals surface area contributed by atoms with Gasteiger partial charge in [0.2, 0.25) is 0 Å². The lowest BCUT2D eigenvalue weighted by atomic mass is 10.1. The lowest BCUT2D eigenvalue weighted by Crippen LogP contribution is -2.14. The molecule has 0 unspecified atom stereocenters. The van der Waals surface area contributed by atoms with Gasteiger partial charge in [-0.25, -0.2) is 9.37 Å². The van der Waals surface area contributed by atoms with Crippen molar-refractivity contribution in [3.63, 3.8) is 0 Å². The van der Waals surface area contributed by atoms with Crippen LogP contribution in [-0.4, -0.2) is 43.7 Å². The quantitative estimate of drug-likeness (QED) is 0.369. The maximum Gasteiger partial charge on any atom is 0.416 e. The molecule has 0 saturated carbocycles. The molecule has 0 atom stereocenters. The van der Waals surface area contributed by atoms with E-state index in [0.29, 0.717) is 17.1 Å². The van der Waals surface area contributed by atoms with Crippen LogP contribution < -0.4 is 0 Å². The third-order valence-corrected chi connectivity index (χ3v) is 3.74. The average Bonchev–Trinajstić information content (AvgIpc) is 2.42. The van der Waals surface area contributed by atoms with Crippen molar-refractivity contribution in [1.82, 2.24) is 0 Å². The average molecular weight is 391 g/mol. The zero-order valence-electron chi connectivity index (χ0n) is 12.1. The SMILES string of the molecule is C[N+](C=NS(=O)(=O)c1cc(C(F)(F)F)cc(C(F)(F)F)c1)=CC(=O)O. The molecule has 0 amide bonds. The maximum absolute atomic E-state index is 12.7. The van der Waals surface area contributed by atoms with E-state index in [-0.39, 0.29) is 18.2 Å². The number of hydrogen-bond acceptors (Lipinski definition) is 3. The standard InChI is InChI=1S/C12H8F6N2O4S/c1-20(5-10(21)22)6-19-25(23,24)9-3-7(11(13,14)15)2-8(4-9)12(16,17)18/h2-6H,1H3/p+1. The molecule has 138 valence electrons. The van der Waals surface area contributed by atoms with E-state index in [1.165, 1.54) is 0 Å². The highest BCUT2D eigenvalue weighted by Crippen LogP contribution is 2.37. The summed E-state index contributed by atoms with van der Waals surface area (Å²) in [5.74, 6) is -1.48. The first kappa shape index (κ1) is 20.6. The number of alkyl halides is 6. The van der Waals surface area contributed by atoms with Crippen LogP contribution in [0.1, 0.15) is 11.1 Å². The van der Waals surface area contributed by atoms with Gasteiger partial charge < -0.3 is 5.11 Å². The summed E-state index contributed by atoms with van der Waals surface area (Å²) in [6.07, 6.45) is -9.56. The van der Waals surface area contributed by atoms with Gasteiger partial charge in [0.1, 0.15) is 4.90 Å². The number of aliphatic carboxylic acids is 1. The minimum atomic E-state index is -5.22. The Kier molecular flexibility index (Phi) is 5.62. The number of sulfonamides is 1. The van der Waals surface area contributed by atoms with Gasteiger partial charge in [-0.05, 0) is 18.2 Å². The van der Waals surface area contributed by atoms with Crippen LogP contribution in [0, 0.1) is 0 Å². The zero-order chi connectivity index (χ0) is 19.6. The molecule has 0 aliphatic heterocycles. The van der Waals surface area contributed by atoms with Crippen molar-refractivity contribution in [1.29, 1.82) is 0 Å². The number of halogens is 6. The van der Waals surface area contributed by atoms with Crippen molar-refractivity contribution in [3.05, 3.63) is 29.3 Å². The molecule has 0 spiro atoms. The topological polar surface area (TPSA) is 86.8 Å².